The fraction of sp³-hybridized carbons (Fsp3) is 0.286. The van der Waals surface area contributed by atoms with Crippen LogP contribution in [0.5, 0.6) is 0 Å². The third-order valence-corrected chi connectivity index (χ3v) is 4.65. The quantitative estimate of drug-likeness (QED) is 0.746. The SMILES string of the molecule is COC(=O)C1=C(C(=O)OC)N(c2ccc(N3CCCCC3=O)cc2)C=CC=C1. The first kappa shape index (κ1) is 19.4. The van der Waals surface area contributed by atoms with Crippen molar-refractivity contribution in [3.63, 3.8) is 0 Å². The first-order valence-corrected chi connectivity index (χ1v) is 9.02. The smallest absolute Gasteiger partial charge is 0.355 e. The lowest BCUT2D eigenvalue weighted by atomic mass is 10.1. The van der Waals surface area contributed by atoms with E-state index in [1.54, 1.807) is 40.3 Å². The van der Waals surface area contributed by atoms with Gasteiger partial charge in [0.05, 0.1) is 19.8 Å². The zero-order valence-corrected chi connectivity index (χ0v) is 15.9. The summed E-state index contributed by atoms with van der Waals surface area (Å²) in [6.45, 7) is 0.700. The lowest BCUT2D eigenvalue weighted by molar-refractivity contribution is -0.139. The second kappa shape index (κ2) is 8.56. The fourth-order valence-corrected chi connectivity index (χ4v) is 3.24. The summed E-state index contributed by atoms with van der Waals surface area (Å²) in [6, 6.07) is 7.25. The molecule has 0 spiro atoms. The molecule has 1 aromatic carbocycles. The van der Waals surface area contributed by atoms with Gasteiger partial charge in [-0.05, 0) is 49.3 Å². The summed E-state index contributed by atoms with van der Waals surface area (Å²) in [4.78, 5) is 40.1. The largest absolute Gasteiger partial charge is 0.465 e. The predicted octanol–water partition coefficient (Wildman–Crippen LogP) is 2.69. The van der Waals surface area contributed by atoms with Gasteiger partial charge in [0.15, 0.2) is 0 Å². The van der Waals surface area contributed by atoms with Crippen LogP contribution in [-0.2, 0) is 23.9 Å². The van der Waals surface area contributed by atoms with Gasteiger partial charge in [0, 0.05) is 30.5 Å². The van der Waals surface area contributed by atoms with Crippen molar-refractivity contribution in [1.29, 1.82) is 0 Å². The Labute approximate surface area is 163 Å². The van der Waals surface area contributed by atoms with E-state index in [2.05, 4.69) is 0 Å². The molecule has 0 N–H and O–H groups in total. The van der Waals surface area contributed by atoms with Gasteiger partial charge in [-0.1, -0.05) is 6.08 Å². The van der Waals surface area contributed by atoms with E-state index in [1.807, 2.05) is 12.1 Å². The molecule has 0 aliphatic carbocycles. The minimum Gasteiger partial charge on any atom is -0.465 e. The molecule has 0 radical (unpaired) electrons. The van der Waals surface area contributed by atoms with E-state index in [4.69, 9.17) is 9.47 Å². The Morgan fingerprint density at radius 1 is 0.929 bits per heavy atom. The summed E-state index contributed by atoms with van der Waals surface area (Å²) in [7, 11) is 2.51. The van der Waals surface area contributed by atoms with E-state index >= 15 is 0 Å². The molecule has 28 heavy (non-hydrogen) atoms. The number of esters is 2. The summed E-state index contributed by atoms with van der Waals surface area (Å²) in [6.07, 6.45) is 8.99. The Morgan fingerprint density at radius 3 is 2.25 bits per heavy atom. The van der Waals surface area contributed by atoms with E-state index < -0.39 is 11.9 Å². The molecule has 0 aromatic heterocycles. The molecule has 1 saturated heterocycles. The highest BCUT2D eigenvalue weighted by atomic mass is 16.5. The highest BCUT2D eigenvalue weighted by Gasteiger charge is 2.27. The molecule has 7 heteroatoms. The monoisotopic (exact) mass is 382 g/mol. The van der Waals surface area contributed by atoms with Crippen molar-refractivity contribution in [2.75, 3.05) is 30.6 Å². The third-order valence-electron chi connectivity index (χ3n) is 4.65. The van der Waals surface area contributed by atoms with Gasteiger partial charge < -0.3 is 19.3 Å². The Morgan fingerprint density at radius 2 is 1.61 bits per heavy atom. The number of benzene rings is 1. The molecule has 1 aromatic rings. The number of ether oxygens (including phenoxy) is 2. The number of methoxy groups -OCH3 is 2. The number of piperidine rings is 1. The van der Waals surface area contributed by atoms with Gasteiger partial charge in [-0.2, -0.15) is 0 Å². The molecule has 2 heterocycles. The van der Waals surface area contributed by atoms with Crippen molar-refractivity contribution in [2.24, 2.45) is 0 Å². The molecule has 7 nitrogen and oxygen atoms in total. The van der Waals surface area contributed by atoms with E-state index in [0.717, 1.165) is 18.5 Å². The highest BCUT2D eigenvalue weighted by molar-refractivity contribution is 6.05. The number of carbonyl (C=O) groups is 3. The minimum atomic E-state index is -0.660. The van der Waals surface area contributed by atoms with Gasteiger partial charge in [0.25, 0.3) is 0 Å². The van der Waals surface area contributed by atoms with Crippen molar-refractivity contribution in [1.82, 2.24) is 0 Å². The topological polar surface area (TPSA) is 76.2 Å². The number of nitrogens with zero attached hydrogens (tertiary/aromatic N) is 2. The Bertz CT molecular complexity index is 867. The lowest BCUT2D eigenvalue weighted by Crippen LogP contribution is -2.35. The third kappa shape index (κ3) is 3.83. The normalized spacial score (nSPS) is 16.9. The second-order valence-corrected chi connectivity index (χ2v) is 6.33. The van der Waals surface area contributed by atoms with Crippen LogP contribution in [0.25, 0.3) is 0 Å². The number of hydrogen-bond acceptors (Lipinski definition) is 6. The van der Waals surface area contributed by atoms with Gasteiger partial charge in [0.1, 0.15) is 5.70 Å². The Kier molecular flexibility index (Phi) is 5.93. The Hall–Kier alpha value is -3.35. The standard InChI is InChI=1S/C21H22N2O5/c1-27-20(25)17-7-3-5-14-23(19(17)21(26)28-2)16-11-9-15(10-12-16)22-13-6-4-8-18(22)24/h3,5,7,9-12,14H,4,6,8,13H2,1-2H3. The van der Waals surface area contributed by atoms with Crippen LogP contribution in [0.1, 0.15) is 19.3 Å². The molecule has 2 aliphatic heterocycles. The molecule has 2 aliphatic rings. The van der Waals surface area contributed by atoms with Crippen LogP contribution < -0.4 is 9.80 Å². The fourth-order valence-electron chi connectivity index (χ4n) is 3.24. The molecule has 0 saturated carbocycles. The van der Waals surface area contributed by atoms with Crippen molar-refractivity contribution < 1.29 is 23.9 Å². The molecule has 0 bridgehead atoms. The highest BCUT2D eigenvalue weighted by Crippen LogP contribution is 2.29. The number of allylic oxidation sites excluding steroid dienone is 2. The second-order valence-electron chi connectivity index (χ2n) is 6.33. The molecular formula is C21H22N2O5. The van der Waals surface area contributed by atoms with Gasteiger partial charge >= 0.3 is 11.9 Å². The van der Waals surface area contributed by atoms with Crippen LogP contribution >= 0.6 is 0 Å². The Balaban J connectivity index is 1.99. The van der Waals surface area contributed by atoms with Crippen molar-refractivity contribution in [3.8, 4) is 0 Å². The molecular weight excluding hydrogens is 360 g/mol. The summed E-state index contributed by atoms with van der Waals surface area (Å²) in [5, 5.41) is 0. The van der Waals surface area contributed by atoms with Crippen LogP contribution in [0.2, 0.25) is 0 Å². The number of rotatable bonds is 4. The van der Waals surface area contributed by atoms with Crippen LogP contribution in [0.4, 0.5) is 11.4 Å². The van der Waals surface area contributed by atoms with Gasteiger partial charge in [-0.3, -0.25) is 4.79 Å². The number of hydrogen-bond donors (Lipinski definition) is 0. The minimum absolute atomic E-state index is 0.0566. The molecule has 3 rings (SSSR count). The summed E-state index contributed by atoms with van der Waals surface area (Å²) >= 11 is 0. The number of anilines is 2. The van der Waals surface area contributed by atoms with Crippen LogP contribution in [0.15, 0.2) is 60.0 Å². The van der Waals surface area contributed by atoms with E-state index in [-0.39, 0.29) is 17.2 Å². The maximum atomic E-state index is 12.4. The number of amides is 1. The molecule has 0 unspecified atom stereocenters. The van der Waals surface area contributed by atoms with Gasteiger partial charge in [0.2, 0.25) is 5.91 Å². The van der Waals surface area contributed by atoms with Crippen molar-refractivity contribution in [3.05, 3.63) is 60.0 Å². The maximum absolute atomic E-state index is 12.4. The van der Waals surface area contributed by atoms with Crippen LogP contribution in [0.3, 0.4) is 0 Å². The lowest BCUT2D eigenvalue weighted by Gasteiger charge is -2.28. The predicted molar refractivity (Wildman–Crippen MR) is 104 cm³/mol. The molecule has 0 atom stereocenters. The van der Waals surface area contributed by atoms with Crippen molar-refractivity contribution >= 4 is 29.2 Å². The first-order chi connectivity index (χ1) is 13.6. The van der Waals surface area contributed by atoms with Crippen LogP contribution in [-0.4, -0.2) is 38.6 Å². The number of carbonyl (C=O) groups excluding carboxylic acids is 3. The summed E-state index contributed by atoms with van der Waals surface area (Å²) < 4.78 is 9.70. The molecule has 1 amide bonds. The summed E-state index contributed by atoms with van der Waals surface area (Å²) in [5.41, 5.74) is 1.60. The first-order valence-electron chi connectivity index (χ1n) is 9.02. The zero-order chi connectivity index (χ0) is 20.1. The van der Waals surface area contributed by atoms with E-state index in [0.29, 0.717) is 18.7 Å². The molecule has 1 fully saturated rings. The maximum Gasteiger partial charge on any atom is 0.355 e. The van der Waals surface area contributed by atoms with E-state index in [1.165, 1.54) is 20.3 Å². The van der Waals surface area contributed by atoms with E-state index in [9.17, 15) is 14.4 Å². The van der Waals surface area contributed by atoms with Gasteiger partial charge in [-0.15, -0.1) is 0 Å². The summed E-state index contributed by atoms with van der Waals surface area (Å²) in [5.74, 6) is -1.19. The zero-order valence-electron chi connectivity index (χ0n) is 15.9. The van der Waals surface area contributed by atoms with Crippen LogP contribution in [0, 0.1) is 0 Å². The average molecular weight is 382 g/mol. The molecule has 146 valence electrons. The van der Waals surface area contributed by atoms with Crippen molar-refractivity contribution in [2.45, 2.75) is 19.3 Å². The average Bonchev–Trinajstić information content (AvgIpc) is 2.96. The van der Waals surface area contributed by atoms with Gasteiger partial charge in [-0.25, -0.2) is 9.59 Å².